The first kappa shape index (κ1) is 15.3. The normalized spacial score (nSPS) is 10.5. The largest absolute Gasteiger partial charge is 0.494 e. The molecule has 0 radical (unpaired) electrons. The zero-order valence-corrected chi connectivity index (χ0v) is 13.2. The van der Waals surface area contributed by atoms with Gasteiger partial charge in [0, 0.05) is 23.4 Å². The van der Waals surface area contributed by atoms with Crippen molar-refractivity contribution >= 4 is 5.82 Å². The minimum absolute atomic E-state index is 0.671. The lowest BCUT2D eigenvalue weighted by Gasteiger charge is -2.13. The van der Waals surface area contributed by atoms with Crippen LogP contribution in [-0.2, 0) is 6.42 Å². The monoisotopic (exact) mass is 285 g/mol. The lowest BCUT2D eigenvalue weighted by Crippen LogP contribution is -2.08. The van der Waals surface area contributed by atoms with Gasteiger partial charge in [0.25, 0.3) is 0 Å². The maximum atomic E-state index is 5.47. The first-order chi connectivity index (χ1) is 10.2. The maximum Gasteiger partial charge on any atom is 0.161 e. The van der Waals surface area contributed by atoms with Crippen molar-refractivity contribution in [2.45, 2.75) is 34.1 Å². The van der Waals surface area contributed by atoms with Crippen LogP contribution in [0, 0.1) is 6.92 Å². The van der Waals surface area contributed by atoms with E-state index in [0.29, 0.717) is 6.61 Å². The summed E-state index contributed by atoms with van der Waals surface area (Å²) in [5.41, 5.74) is 3.22. The molecule has 0 fully saturated rings. The van der Waals surface area contributed by atoms with Gasteiger partial charge < -0.3 is 10.1 Å². The molecule has 112 valence electrons. The van der Waals surface area contributed by atoms with E-state index in [-0.39, 0.29) is 0 Å². The molecule has 0 atom stereocenters. The molecule has 0 bridgehead atoms. The lowest BCUT2D eigenvalue weighted by atomic mass is 10.1. The summed E-state index contributed by atoms with van der Waals surface area (Å²) in [4.78, 5) is 9.32. The fraction of sp³-hybridized carbons (Fsp3) is 0.412. The first-order valence-corrected chi connectivity index (χ1v) is 7.54. The van der Waals surface area contributed by atoms with Gasteiger partial charge in [0.05, 0.1) is 6.61 Å². The van der Waals surface area contributed by atoms with Crippen LogP contribution in [0.25, 0.3) is 11.4 Å². The minimum Gasteiger partial charge on any atom is -0.494 e. The van der Waals surface area contributed by atoms with Gasteiger partial charge in [-0.1, -0.05) is 6.92 Å². The molecule has 2 aromatic rings. The van der Waals surface area contributed by atoms with E-state index in [1.54, 1.807) is 0 Å². The van der Waals surface area contributed by atoms with Crippen molar-refractivity contribution in [2.75, 3.05) is 18.5 Å². The Balaban J connectivity index is 2.39. The predicted octanol–water partition coefficient (Wildman–Crippen LogP) is 3.84. The highest BCUT2D eigenvalue weighted by Crippen LogP contribution is 2.24. The highest BCUT2D eigenvalue weighted by atomic mass is 16.5. The van der Waals surface area contributed by atoms with Gasteiger partial charge in [-0.15, -0.1) is 0 Å². The van der Waals surface area contributed by atoms with Crippen molar-refractivity contribution < 1.29 is 4.74 Å². The molecule has 1 aromatic heterocycles. The third-order valence-electron chi connectivity index (χ3n) is 3.34. The third kappa shape index (κ3) is 3.51. The molecule has 0 aliphatic heterocycles. The molecule has 1 heterocycles. The van der Waals surface area contributed by atoms with Crippen molar-refractivity contribution in [3.8, 4) is 17.1 Å². The lowest BCUT2D eigenvalue weighted by molar-refractivity contribution is 0.340. The molecule has 1 N–H and O–H groups in total. The van der Waals surface area contributed by atoms with E-state index >= 15 is 0 Å². The minimum atomic E-state index is 0.671. The van der Waals surface area contributed by atoms with E-state index in [1.165, 1.54) is 5.56 Å². The number of aryl methyl sites for hydroxylation is 1. The second-order valence-electron chi connectivity index (χ2n) is 4.80. The Morgan fingerprint density at radius 2 is 1.76 bits per heavy atom. The van der Waals surface area contributed by atoms with Gasteiger partial charge in [-0.25, -0.2) is 9.97 Å². The number of nitrogens with one attached hydrogen (secondary N) is 1. The molecule has 21 heavy (non-hydrogen) atoms. The number of aromatic nitrogens is 2. The number of nitrogens with zero attached hydrogens (tertiary/aromatic N) is 2. The van der Waals surface area contributed by atoms with Crippen LogP contribution in [0.5, 0.6) is 5.75 Å². The van der Waals surface area contributed by atoms with Crippen molar-refractivity contribution in [3.05, 3.63) is 35.5 Å². The van der Waals surface area contributed by atoms with Crippen molar-refractivity contribution in [1.29, 1.82) is 0 Å². The summed E-state index contributed by atoms with van der Waals surface area (Å²) in [5.74, 6) is 2.56. The van der Waals surface area contributed by atoms with Crippen LogP contribution in [0.1, 0.15) is 32.0 Å². The highest BCUT2D eigenvalue weighted by Gasteiger charge is 2.11. The highest BCUT2D eigenvalue weighted by molar-refractivity contribution is 5.60. The third-order valence-corrected chi connectivity index (χ3v) is 3.34. The van der Waals surface area contributed by atoms with Crippen LogP contribution < -0.4 is 10.1 Å². The number of hydrogen-bond donors (Lipinski definition) is 1. The smallest absolute Gasteiger partial charge is 0.161 e. The Labute approximate surface area is 126 Å². The summed E-state index contributed by atoms with van der Waals surface area (Å²) in [5, 5.41) is 3.33. The molecule has 4 heteroatoms. The Kier molecular flexibility index (Phi) is 5.14. The molecule has 0 amide bonds. The van der Waals surface area contributed by atoms with Crippen LogP contribution in [0.3, 0.4) is 0 Å². The van der Waals surface area contributed by atoms with Gasteiger partial charge in [-0.2, -0.15) is 0 Å². The maximum absolute atomic E-state index is 5.47. The van der Waals surface area contributed by atoms with Crippen LogP contribution in [-0.4, -0.2) is 23.1 Å². The summed E-state index contributed by atoms with van der Waals surface area (Å²) < 4.78 is 5.47. The number of anilines is 1. The second-order valence-corrected chi connectivity index (χ2v) is 4.80. The average molecular weight is 285 g/mol. The standard InChI is InChI=1S/C17H23N3O/c1-5-15-12(4)19-16(20-17(15)18-6-2)13-8-10-14(11-9-13)21-7-3/h8-11H,5-7H2,1-4H3,(H,18,19,20). The quantitative estimate of drug-likeness (QED) is 0.876. The number of benzene rings is 1. The zero-order valence-electron chi connectivity index (χ0n) is 13.2. The fourth-order valence-electron chi connectivity index (χ4n) is 2.33. The van der Waals surface area contributed by atoms with Gasteiger partial charge in [-0.05, 0) is 51.5 Å². The van der Waals surface area contributed by atoms with Crippen LogP contribution in [0.2, 0.25) is 0 Å². The second kappa shape index (κ2) is 7.07. The number of rotatable bonds is 6. The molecule has 0 aliphatic carbocycles. The average Bonchev–Trinajstić information content (AvgIpc) is 2.48. The molecule has 0 aliphatic rings. The van der Waals surface area contributed by atoms with Crippen molar-refractivity contribution in [2.24, 2.45) is 0 Å². The molecular weight excluding hydrogens is 262 g/mol. The predicted molar refractivity (Wildman–Crippen MR) is 86.9 cm³/mol. The summed E-state index contributed by atoms with van der Waals surface area (Å²) in [7, 11) is 0. The van der Waals surface area contributed by atoms with E-state index in [1.807, 2.05) is 38.1 Å². The Hall–Kier alpha value is -2.10. The summed E-state index contributed by atoms with van der Waals surface area (Å²) in [6, 6.07) is 7.92. The molecule has 1 aromatic carbocycles. The SMILES string of the molecule is CCNc1nc(-c2ccc(OCC)cc2)nc(C)c1CC. The topological polar surface area (TPSA) is 47.0 Å². The molecule has 0 saturated carbocycles. The van der Waals surface area contributed by atoms with E-state index < -0.39 is 0 Å². The molecule has 4 nitrogen and oxygen atoms in total. The van der Waals surface area contributed by atoms with Gasteiger partial charge in [0.15, 0.2) is 5.82 Å². The van der Waals surface area contributed by atoms with Gasteiger partial charge in [0.2, 0.25) is 0 Å². The van der Waals surface area contributed by atoms with Crippen molar-refractivity contribution in [1.82, 2.24) is 9.97 Å². The molecule has 0 saturated heterocycles. The number of ether oxygens (including phenoxy) is 1. The zero-order chi connectivity index (χ0) is 15.2. The summed E-state index contributed by atoms with van der Waals surface area (Å²) in [6.45, 7) is 9.75. The molecular formula is C17H23N3O. The van der Waals surface area contributed by atoms with E-state index in [9.17, 15) is 0 Å². The first-order valence-electron chi connectivity index (χ1n) is 7.54. The van der Waals surface area contributed by atoms with Crippen LogP contribution in [0.15, 0.2) is 24.3 Å². The van der Waals surface area contributed by atoms with Crippen LogP contribution >= 0.6 is 0 Å². The molecule has 0 spiro atoms. The summed E-state index contributed by atoms with van der Waals surface area (Å²) in [6.07, 6.45) is 0.928. The Bertz CT molecular complexity index is 594. The van der Waals surface area contributed by atoms with E-state index in [2.05, 4.69) is 29.1 Å². The Morgan fingerprint density at radius 1 is 1.05 bits per heavy atom. The van der Waals surface area contributed by atoms with Crippen molar-refractivity contribution in [3.63, 3.8) is 0 Å². The molecule has 2 rings (SSSR count). The van der Waals surface area contributed by atoms with Crippen LogP contribution in [0.4, 0.5) is 5.82 Å². The molecule has 0 unspecified atom stereocenters. The Morgan fingerprint density at radius 3 is 2.33 bits per heavy atom. The summed E-state index contributed by atoms with van der Waals surface area (Å²) >= 11 is 0. The van der Waals surface area contributed by atoms with Gasteiger partial charge >= 0.3 is 0 Å². The number of hydrogen-bond acceptors (Lipinski definition) is 4. The van der Waals surface area contributed by atoms with Gasteiger partial charge in [-0.3, -0.25) is 0 Å². The van der Waals surface area contributed by atoms with E-state index in [4.69, 9.17) is 4.74 Å². The van der Waals surface area contributed by atoms with Gasteiger partial charge in [0.1, 0.15) is 11.6 Å². The van der Waals surface area contributed by atoms with E-state index in [0.717, 1.165) is 41.6 Å². The fourth-order valence-corrected chi connectivity index (χ4v) is 2.33.